The Kier molecular flexibility index (Phi) is 9.74. The molecule has 2 N–H and O–H groups in total. The first kappa shape index (κ1) is 26.1. The number of anilines is 1. The highest BCUT2D eigenvalue weighted by molar-refractivity contribution is 7.14. The molecule has 1 heterocycles. The summed E-state index contributed by atoms with van der Waals surface area (Å²) in [5, 5.41) is 30.3. The maximum absolute atomic E-state index is 11.6. The average Bonchev–Trinajstić information content (AvgIpc) is 3.35. The first-order valence-corrected chi connectivity index (χ1v) is 11.8. The quantitative estimate of drug-likeness (QED) is 0.0534. The molecule has 1 aromatic heterocycles. The third-order valence-electron chi connectivity index (χ3n) is 4.97. The molecule has 3 rings (SSSR count). The Morgan fingerprint density at radius 2 is 1.97 bits per heavy atom. The zero-order valence-corrected chi connectivity index (χ0v) is 19.9. The standard InChI is InChI=1S/C23H23N7O5S/c24-29-25-12-4-1-5-13-35-18-10-8-16(9-11-18)20-15-36-23(26-20)28-27-19(22(31)32)14-17-6-2-3-7-21(17)30(33)34/h2-3,6-11,15H,1,4-5,12-14H2,(H,26,28)(H,31,32)/b27-19-. The first-order valence-electron chi connectivity index (χ1n) is 11.0. The molecule has 0 bridgehead atoms. The molecule has 0 fully saturated rings. The number of carboxylic acids is 1. The fourth-order valence-electron chi connectivity index (χ4n) is 3.17. The van der Waals surface area contributed by atoms with Crippen LogP contribution in [-0.2, 0) is 11.2 Å². The SMILES string of the molecule is [N-]=[N+]=NCCCCCOc1ccc(-c2csc(N/N=C(/Cc3ccccc3[N+](=O)[O-])C(=O)O)n2)cc1. The van der Waals surface area contributed by atoms with Crippen LogP contribution in [0.3, 0.4) is 0 Å². The largest absolute Gasteiger partial charge is 0.494 e. The van der Waals surface area contributed by atoms with Gasteiger partial charge in [0.25, 0.3) is 5.69 Å². The van der Waals surface area contributed by atoms with E-state index in [4.69, 9.17) is 10.3 Å². The molecule has 0 aliphatic carbocycles. The van der Waals surface area contributed by atoms with E-state index >= 15 is 0 Å². The van der Waals surface area contributed by atoms with Gasteiger partial charge in [0.2, 0.25) is 5.13 Å². The highest BCUT2D eigenvalue weighted by Crippen LogP contribution is 2.27. The van der Waals surface area contributed by atoms with E-state index in [-0.39, 0.29) is 23.4 Å². The van der Waals surface area contributed by atoms with Crippen molar-refractivity contribution in [2.75, 3.05) is 18.6 Å². The summed E-state index contributed by atoms with van der Waals surface area (Å²) in [6.07, 6.45) is 2.39. The van der Waals surface area contributed by atoms with Crippen LogP contribution < -0.4 is 10.2 Å². The lowest BCUT2D eigenvalue weighted by atomic mass is 10.1. The summed E-state index contributed by atoms with van der Waals surface area (Å²) in [6, 6.07) is 13.4. The number of benzene rings is 2. The van der Waals surface area contributed by atoms with Crippen LogP contribution in [0.15, 0.2) is 64.1 Å². The zero-order chi connectivity index (χ0) is 25.8. The van der Waals surface area contributed by atoms with Gasteiger partial charge in [-0.15, -0.1) is 11.3 Å². The van der Waals surface area contributed by atoms with E-state index in [1.54, 1.807) is 11.4 Å². The molecule has 0 spiro atoms. The summed E-state index contributed by atoms with van der Waals surface area (Å²) < 4.78 is 5.72. The highest BCUT2D eigenvalue weighted by atomic mass is 32.1. The minimum atomic E-state index is -1.29. The predicted octanol–water partition coefficient (Wildman–Crippen LogP) is 5.67. The van der Waals surface area contributed by atoms with Crippen molar-refractivity contribution in [3.05, 3.63) is 80.0 Å². The van der Waals surface area contributed by atoms with Crippen molar-refractivity contribution in [2.24, 2.45) is 10.2 Å². The zero-order valence-electron chi connectivity index (χ0n) is 19.1. The van der Waals surface area contributed by atoms with Crippen molar-refractivity contribution < 1.29 is 19.6 Å². The fourth-order valence-corrected chi connectivity index (χ4v) is 3.83. The Morgan fingerprint density at radius 1 is 1.19 bits per heavy atom. The number of nitrogens with zero attached hydrogens (tertiary/aromatic N) is 6. The number of para-hydroxylation sites is 1. The number of ether oxygens (including phenoxy) is 1. The lowest BCUT2D eigenvalue weighted by Gasteiger charge is -2.06. The Morgan fingerprint density at radius 3 is 2.69 bits per heavy atom. The summed E-state index contributed by atoms with van der Waals surface area (Å²) in [5.74, 6) is -0.559. The number of carbonyl (C=O) groups is 1. The fraction of sp³-hybridized carbons (Fsp3) is 0.261. The van der Waals surface area contributed by atoms with Gasteiger partial charge in [0.05, 0.1) is 17.2 Å². The van der Waals surface area contributed by atoms with E-state index in [9.17, 15) is 20.0 Å². The van der Waals surface area contributed by atoms with Gasteiger partial charge >= 0.3 is 5.97 Å². The molecule has 12 nitrogen and oxygen atoms in total. The Bertz CT molecular complexity index is 1270. The number of hydrogen-bond donors (Lipinski definition) is 2. The molecule has 36 heavy (non-hydrogen) atoms. The van der Waals surface area contributed by atoms with Crippen molar-refractivity contribution >= 4 is 33.8 Å². The van der Waals surface area contributed by atoms with Crippen molar-refractivity contribution in [1.29, 1.82) is 0 Å². The molecule has 186 valence electrons. The summed E-state index contributed by atoms with van der Waals surface area (Å²) in [4.78, 5) is 29.4. The van der Waals surface area contributed by atoms with Gasteiger partial charge in [-0.1, -0.05) is 23.3 Å². The van der Waals surface area contributed by atoms with E-state index in [2.05, 4.69) is 25.5 Å². The van der Waals surface area contributed by atoms with Crippen LogP contribution in [0.1, 0.15) is 24.8 Å². The second kappa shape index (κ2) is 13.4. The molecule has 0 saturated heterocycles. The molecule has 0 aliphatic heterocycles. The third-order valence-corrected chi connectivity index (χ3v) is 5.72. The molecule has 0 saturated carbocycles. The predicted molar refractivity (Wildman–Crippen MR) is 136 cm³/mol. The van der Waals surface area contributed by atoms with Crippen LogP contribution in [0.2, 0.25) is 0 Å². The van der Waals surface area contributed by atoms with Crippen molar-refractivity contribution in [2.45, 2.75) is 25.7 Å². The minimum Gasteiger partial charge on any atom is -0.494 e. The number of aliphatic carboxylic acids is 1. The number of nitrogens with one attached hydrogen (secondary N) is 1. The van der Waals surface area contributed by atoms with Crippen LogP contribution in [0.5, 0.6) is 5.75 Å². The molecule has 0 unspecified atom stereocenters. The van der Waals surface area contributed by atoms with E-state index in [1.165, 1.54) is 29.5 Å². The number of unbranched alkanes of at least 4 members (excludes halogenated alkanes) is 2. The molecule has 2 aromatic carbocycles. The number of hydrazone groups is 1. The van der Waals surface area contributed by atoms with Gasteiger partial charge in [0, 0.05) is 40.5 Å². The smallest absolute Gasteiger partial charge is 0.352 e. The number of nitro groups is 1. The Labute approximate surface area is 210 Å². The minimum absolute atomic E-state index is 0.166. The van der Waals surface area contributed by atoms with Crippen molar-refractivity contribution in [1.82, 2.24) is 4.98 Å². The monoisotopic (exact) mass is 509 g/mol. The normalized spacial score (nSPS) is 10.9. The molecule has 0 atom stereocenters. The summed E-state index contributed by atoms with van der Waals surface area (Å²) in [7, 11) is 0. The molecule has 3 aromatic rings. The molecule has 0 amide bonds. The number of thiazole rings is 1. The van der Waals surface area contributed by atoms with Gasteiger partial charge in [-0.2, -0.15) is 5.10 Å². The maximum atomic E-state index is 11.6. The number of nitro benzene ring substituents is 1. The van der Waals surface area contributed by atoms with Crippen molar-refractivity contribution in [3.8, 4) is 17.0 Å². The van der Waals surface area contributed by atoms with Crippen molar-refractivity contribution in [3.63, 3.8) is 0 Å². The van der Waals surface area contributed by atoms with Gasteiger partial charge in [-0.3, -0.25) is 15.5 Å². The first-order chi connectivity index (χ1) is 17.5. The van der Waals surface area contributed by atoms with Gasteiger partial charge in [-0.25, -0.2) is 9.78 Å². The molecule has 0 aliphatic rings. The van der Waals surface area contributed by atoms with Gasteiger partial charge in [-0.05, 0) is 49.1 Å². The highest BCUT2D eigenvalue weighted by Gasteiger charge is 2.18. The Balaban J connectivity index is 1.57. The summed E-state index contributed by atoms with van der Waals surface area (Å²) >= 11 is 1.25. The van der Waals surface area contributed by atoms with Crippen LogP contribution >= 0.6 is 11.3 Å². The van der Waals surface area contributed by atoms with E-state index < -0.39 is 10.9 Å². The number of hydrogen-bond acceptors (Lipinski definition) is 9. The Hall–Kier alpha value is -4.48. The van der Waals surface area contributed by atoms with E-state index in [0.29, 0.717) is 24.0 Å². The van der Waals surface area contributed by atoms with Gasteiger partial charge in [0.1, 0.15) is 11.5 Å². The molecular formula is C23H23N7O5S. The average molecular weight is 510 g/mol. The van der Waals surface area contributed by atoms with Crippen LogP contribution in [0.25, 0.3) is 21.7 Å². The van der Waals surface area contributed by atoms with E-state index in [0.717, 1.165) is 30.6 Å². The number of azide groups is 1. The number of aromatic nitrogens is 1. The third kappa shape index (κ3) is 7.79. The van der Waals surface area contributed by atoms with Crippen LogP contribution in [-0.4, -0.2) is 39.8 Å². The van der Waals surface area contributed by atoms with Crippen LogP contribution in [0, 0.1) is 10.1 Å². The number of rotatable bonds is 14. The summed E-state index contributed by atoms with van der Waals surface area (Å²) in [6.45, 7) is 1.06. The molecular weight excluding hydrogens is 486 g/mol. The summed E-state index contributed by atoms with van der Waals surface area (Å²) in [5.41, 5.74) is 12.2. The lowest BCUT2D eigenvalue weighted by Crippen LogP contribution is -2.18. The maximum Gasteiger partial charge on any atom is 0.352 e. The van der Waals surface area contributed by atoms with E-state index in [1.807, 2.05) is 24.3 Å². The van der Waals surface area contributed by atoms with Gasteiger partial charge in [0.15, 0.2) is 0 Å². The van der Waals surface area contributed by atoms with Gasteiger partial charge < -0.3 is 9.84 Å². The second-order valence-corrected chi connectivity index (χ2v) is 8.32. The molecule has 0 radical (unpaired) electrons. The lowest BCUT2D eigenvalue weighted by molar-refractivity contribution is -0.385. The number of carboxylic acid groups (broad SMARTS) is 1. The topological polar surface area (TPSA) is 176 Å². The second-order valence-electron chi connectivity index (χ2n) is 7.46. The molecule has 13 heteroatoms. The van der Waals surface area contributed by atoms with Crippen LogP contribution in [0.4, 0.5) is 10.8 Å².